The zero-order chi connectivity index (χ0) is 51.3. The van der Waals surface area contributed by atoms with Gasteiger partial charge in [-0.1, -0.05) is 71.4 Å². The average molecular weight is 981 g/mol. The molecule has 1 heterocycles. The Morgan fingerprint density at radius 2 is 1.54 bits per heavy atom. The second kappa shape index (κ2) is 29.2. The van der Waals surface area contributed by atoms with Gasteiger partial charge in [-0.25, -0.2) is 13.4 Å². The Kier molecular flexibility index (Phi) is 25.5. The maximum Gasteiger partial charge on any atom is 0.305 e. The first-order valence-corrected chi connectivity index (χ1v) is 25.1. The van der Waals surface area contributed by atoms with Crippen molar-refractivity contribution in [2.45, 2.75) is 122 Å². The average Bonchev–Trinajstić information content (AvgIpc) is 3.76. The molecule has 1 aliphatic heterocycles. The first kappa shape index (κ1) is 59.3. The molecule has 1 fully saturated rings. The van der Waals surface area contributed by atoms with Gasteiger partial charge in [0, 0.05) is 75.4 Å². The summed E-state index contributed by atoms with van der Waals surface area (Å²) in [6.07, 6.45) is 0.0882. The number of nitrogens with one attached hydrogen (secondary N) is 3. The molecule has 2 rings (SSSR count). The zero-order valence-electron chi connectivity index (χ0n) is 42.4. The van der Waals surface area contributed by atoms with Crippen LogP contribution in [0.5, 0.6) is 0 Å². The smallest absolute Gasteiger partial charge is 0.305 e. The summed E-state index contributed by atoms with van der Waals surface area (Å²) in [5, 5.41) is 14.0. The van der Waals surface area contributed by atoms with Gasteiger partial charge in [0.15, 0.2) is 5.96 Å². The summed E-state index contributed by atoms with van der Waals surface area (Å²) in [5.41, 5.74) is 0.665. The molecule has 21 heteroatoms. The second-order valence-electron chi connectivity index (χ2n) is 18.2. The van der Waals surface area contributed by atoms with E-state index in [1.165, 1.54) is 14.2 Å². The Labute approximate surface area is 404 Å². The number of hydrogen-bond donors (Lipinski definition) is 4. The first-order chi connectivity index (χ1) is 32.0. The minimum absolute atomic E-state index is 0.00495. The van der Waals surface area contributed by atoms with Crippen molar-refractivity contribution in [2.75, 3.05) is 81.5 Å². The van der Waals surface area contributed by atoms with Crippen LogP contribution in [0.1, 0.15) is 85.1 Å². The highest BCUT2D eigenvalue weighted by Gasteiger charge is 2.43. The number of ether oxygens (including phenoxy) is 3. The van der Waals surface area contributed by atoms with E-state index in [1.807, 2.05) is 65.7 Å². The number of amides is 5. The molecule has 0 radical (unpaired) electrons. The molecular formula is C47H80N8O12S. The van der Waals surface area contributed by atoms with Crippen LogP contribution in [-0.4, -0.2) is 192 Å². The fourth-order valence-electron chi connectivity index (χ4n) is 8.40. The Bertz CT molecular complexity index is 1910. The molecule has 0 unspecified atom stereocenters. The lowest BCUT2D eigenvalue weighted by Crippen LogP contribution is -2.56. The van der Waals surface area contributed by atoms with Crippen molar-refractivity contribution in [3.8, 4) is 0 Å². The van der Waals surface area contributed by atoms with Gasteiger partial charge in [-0.3, -0.25) is 33.5 Å². The van der Waals surface area contributed by atoms with Gasteiger partial charge >= 0.3 is 5.97 Å². The van der Waals surface area contributed by atoms with Crippen LogP contribution in [0.4, 0.5) is 0 Å². The minimum atomic E-state index is -4.20. The van der Waals surface area contributed by atoms with Gasteiger partial charge in [-0.15, -0.1) is 0 Å². The molecule has 4 N–H and O–H groups in total. The summed E-state index contributed by atoms with van der Waals surface area (Å²) in [7, 11) is 8.02. The SMILES string of the molecule is CC[C@H](C)[C@@H]([C@@H](CC(=O)N1CCC[C@H]1[C@H](OC)[C@@H](C)C(=O)N[C@@H](Cc1ccccc1)C(=O)NS(=O)(=O)CCCNC(=O)CCOCCC(=O)O)OC)N(C)C(=O)[C@@H](N=C(N(C)C)N(C)C)C(C)C. The van der Waals surface area contributed by atoms with Gasteiger partial charge in [0.25, 0.3) is 5.91 Å². The molecule has 0 saturated carbocycles. The first-order valence-electron chi connectivity index (χ1n) is 23.5. The molecule has 1 aromatic carbocycles. The summed E-state index contributed by atoms with van der Waals surface area (Å²) >= 11 is 0. The van der Waals surface area contributed by atoms with Gasteiger partial charge in [-0.05, 0) is 36.7 Å². The molecule has 5 amide bonds. The van der Waals surface area contributed by atoms with Crippen LogP contribution in [0.15, 0.2) is 35.3 Å². The summed E-state index contributed by atoms with van der Waals surface area (Å²) in [6.45, 7) is 9.97. The summed E-state index contributed by atoms with van der Waals surface area (Å²) in [5.74, 6) is -4.29. The number of benzene rings is 1. The number of aliphatic imine (C=N–C) groups is 1. The topological polar surface area (TPSA) is 246 Å². The normalized spacial score (nSPS) is 16.9. The molecule has 0 spiro atoms. The van der Waals surface area contributed by atoms with Crippen LogP contribution in [0, 0.1) is 17.8 Å². The van der Waals surface area contributed by atoms with Crippen molar-refractivity contribution in [2.24, 2.45) is 22.7 Å². The number of nitrogens with zero attached hydrogens (tertiary/aromatic N) is 5. The van der Waals surface area contributed by atoms with Gasteiger partial charge in [0.05, 0.1) is 62.0 Å². The third-order valence-electron chi connectivity index (χ3n) is 12.2. The number of guanidine groups is 1. The summed E-state index contributed by atoms with van der Waals surface area (Å²) < 4.78 is 45.3. The Morgan fingerprint density at radius 1 is 0.912 bits per heavy atom. The Balaban J connectivity index is 2.24. The predicted molar refractivity (Wildman–Crippen MR) is 259 cm³/mol. The molecule has 386 valence electrons. The van der Waals surface area contributed by atoms with E-state index in [1.54, 1.807) is 54.1 Å². The number of carboxylic acid groups (broad SMARTS) is 1. The summed E-state index contributed by atoms with van der Waals surface area (Å²) in [4.78, 5) is 91.2. The highest BCUT2D eigenvalue weighted by molar-refractivity contribution is 7.90. The third-order valence-corrected chi connectivity index (χ3v) is 13.6. The van der Waals surface area contributed by atoms with Crippen molar-refractivity contribution in [1.82, 2.24) is 35.0 Å². The zero-order valence-corrected chi connectivity index (χ0v) is 43.2. The molecule has 0 aliphatic carbocycles. The number of likely N-dealkylation sites (tertiary alicyclic amines) is 1. The third kappa shape index (κ3) is 18.9. The number of methoxy groups -OCH3 is 2. The standard InChI is InChI=1S/C47H80N8O12S/c1-13-32(4)42(54(10)46(62)41(31(2)3)50-47(52(6)7)53(8)9)37(65-11)30-39(57)55-25-17-21-36(55)43(66-12)33(5)44(60)49-35(29-34-19-15-14-16-20-34)45(61)51-68(63,64)28-18-24-48-38(56)22-26-67-27-23-40(58)59/h14-16,19-20,31-33,35-37,41-43H,13,17-18,21-30H2,1-12H3,(H,48,56)(H,49,60)(H,51,61)(H,58,59)/t32-,33+,35-,36-,37+,41-,42-,43+/m0/s1. The number of carboxylic acids is 1. The van der Waals surface area contributed by atoms with Gasteiger partial charge in [-0.2, -0.15) is 0 Å². The van der Waals surface area contributed by atoms with Crippen LogP contribution >= 0.6 is 0 Å². The highest BCUT2D eigenvalue weighted by Crippen LogP contribution is 2.30. The fourth-order valence-corrected chi connectivity index (χ4v) is 9.48. The number of sulfonamides is 1. The van der Waals surface area contributed by atoms with Crippen LogP contribution in [0.25, 0.3) is 0 Å². The lowest BCUT2D eigenvalue weighted by Gasteiger charge is -2.40. The summed E-state index contributed by atoms with van der Waals surface area (Å²) in [6, 6.07) is 5.81. The van der Waals surface area contributed by atoms with Crippen LogP contribution < -0.4 is 15.4 Å². The molecule has 1 aromatic rings. The van der Waals surface area contributed by atoms with E-state index in [4.69, 9.17) is 24.3 Å². The van der Waals surface area contributed by atoms with Gasteiger partial charge < -0.3 is 49.6 Å². The van der Waals surface area contributed by atoms with Crippen LogP contribution in [0.2, 0.25) is 0 Å². The maximum absolute atomic E-state index is 14.4. The number of likely N-dealkylation sites (N-methyl/N-ethyl adjacent to an activating group) is 1. The molecule has 1 saturated heterocycles. The lowest BCUT2D eigenvalue weighted by atomic mass is 9.89. The van der Waals surface area contributed by atoms with Crippen LogP contribution in [0.3, 0.4) is 0 Å². The number of carbonyl (C=O) groups excluding carboxylic acids is 5. The number of hydrogen-bond acceptors (Lipinski definition) is 12. The van der Waals surface area contributed by atoms with E-state index in [9.17, 15) is 37.2 Å². The number of carbonyl (C=O) groups is 6. The lowest BCUT2D eigenvalue weighted by molar-refractivity contribution is -0.146. The molecule has 8 atom stereocenters. The number of rotatable bonds is 29. The molecule has 20 nitrogen and oxygen atoms in total. The van der Waals surface area contributed by atoms with E-state index in [-0.39, 0.29) is 75.5 Å². The molecule has 68 heavy (non-hydrogen) atoms. The van der Waals surface area contributed by atoms with E-state index >= 15 is 0 Å². The van der Waals surface area contributed by atoms with Gasteiger partial charge in [0.2, 0.25) is 33.7 Å². The van der Waals surface area contributed by atoms with Crippen molar-refractivity contribution in [1.29, 1.82) is 0 Å². The fraction of sp³-hybridized carbons (Fsp3) is 0.723. The van der Waals surface area contributed by atoms with Crippen molar-refractivity contribution < 1.29 is 56.5 Å². The minimum Gasteiger partial charge on any atom is -0.481 e. The van der Waals surface area contributed by atoms with Crippen LogP contribution in [-0.2, 0) is 59.4 Å². The molecule has 0 aromatic heterocycles. The monoisotopic (exact) mass is 981 g/mol. The van der Waals surface area contributed by atoms with E-state index in [0.29, 0.717) is 37.3 Å². The number of aliphatic carboxylic acids is 1. The Morgan fingerprint density at radius 3 is 2.10 bits per heavy atom. The van der Waals surface area contributed by atoms with Crippen molar-refractivity contribution >= 4 is 51.5 Å². The largest absolute Gasteiger partial charge is 0.481 e. The van der Waals surface area contributed by atoms with E-state index < -0.39 is 81.8 Å². The van der Waals surface area contributed by atoms with Crippen molar-refractivity contribution in [3.05, 3.63) is 35.9 Å². The van der Waals surface area contributed by atoms with Gasteiger partial charge in [0.1, 0.15) is 12.1 Å². The highest BCUT2D eigenvalue weighted by atomic mass is 32.2. The maximum atomic E-state index is 14.4. The van der Waals surface area contributed by atoms with Crippen molar-refractivity contribution in [3.63, 3.8) is 0 Å². The molecular weight excluding hydrogens is 901 g/mol. The predicted octanol–water partition coefficient (Wildman–Crippen LogP) is 1.97. The quantitative estimate of drug-likeness (QED) is 0.0510. The van der Waals surface area contributed by atoms with E-state index in [0.717, 1.165) is 0 Å². The molecule has 1 aliphatic rings. The molecule has 0 bridgehead atoms. The Hall–Kier alpha value is -4.86. The van der Waals surface area contributed by atoms with E-state index in [2.05, 4.69) is 15.4 Å². The second-order valence-corrected chi connectivity index (χ2v) is 20.1.